The summed E-state index contributed by atoms with van der Waals surface area (Å²) in [5, 5.41) is 10.4. The maximum Gasteiger partial charge on any atom is 0.338 e. The lowest BCUT2D eigenvalue weighted by atomic mass is 10.0. The van der Waals surface area contributed by atoms with Crippen LogP contribution in [0.5, 0.6) is 0 Å². The molecule has 1 unspecified atom stereocenters. The van der Waals surface area contributed by atoms with Gasteiger partial charge >= 0.3 is 5.97 Å². The van der Waals surface area contributed by atoms with Crippen molar-refractivity contribution in [3.05, 3.63) is 57.9 Å². The summed E-state index contributed by atoms with van der Waals surface area (Å²) in [5.41, 5.74) is 1.89. The highest BCUT2D eigenvalue weighted by molar-refractivity contribution is 8.02. The molecule has 1 N–H and O–H groups in total. The molecule has 1 saturated heterocycles. The van der Waals surface area contributed by atoms with E-state index in [1.165, 1.54) is 23.9 Å². The molecular weight excluding hydrogens is 355 g/mol. The normalized spacial score (nSPS) is 21.7. The van der Waals surface area contributed by atoms with Gasteiger partial charge in [-0.2, -0.15) is 0 Å². The van der Waals surface area contributed by atoms with E-state index in [2.05, 4.69) is 9.80 Å². The average molecular weight is 378 g/mol. The first-order valence-corrected chi connectivity index (χ1v) is 9.77. The van der Waals surface area contributed by atoms with Crippen LogP contribution in [0.1, 0.15) is 12.5 Å². The Kier molecular flexibility index (Phi) is 6.01. The third-order valence-corrected chi connectivity index (χ3v) is 5.48. The lowest BCUT2D eigenvalue weighted by molar-refractivity contribution is -0.132. The molecule has 7 heteroatoms. The summed E-state index contributed by atoms with van der Waals surface area (Å²) in [6.07, 6.45) is 3.80. The number of benzene rings is 1. The van der Waals surface area contributed by atoms with Crippen molar-refractivity contribution < 1.29 is 19.0 Å². The topological polar surface area (TPSA) is 53.0 Å². The number of aliphatic carboxylic acids is 1. The molecule has 2 aliphatic heterocycles. The lowest BCUT2D eigenvalue weighted by Crippen LogP contribution is -2.52. The number of hydrogen-bond acceptors (Lipinski definition) is 5. The number of nitrogens with zero attached hydrogens (tertiary/aromatic N) is 2. The zero-order valence-electron chi connectivity index (χ0n) is 14.9. The molecule has 3 rings (SSSR count). The van der Waals surface area contributed by atoms with Crippen molar-refractivity contribution >= 4 is 17.7 Å². The maximum atomic E-state index is 13.7. The molecule has 0 amide bonds. The third-order valence-electron chi connectivity index (χ3n) is 4.66. The van der Waals surface area contributed by atoms with Crippen molar-refractivity contribution in [3.8, 4) is 0 Å². The third kappa shape index (κ3) is 3.95. The van der Waals surface area contributed by atoms with E-state index in [-0.39, 0.29) is 12.0 Å². The molecule has 26 heavy (non-hydrogen) atoms. The van der Waals surface area contributed by atoms with Crippen LogP contribution in [-0.2, 0) is 16.1 Å². The monoisotopic (exact) mass is 378 g/mol. The SMILES string of the molecule is CSC1=C(C(=O)O)C(C)=CC(N2CCOCC2)N1Cc1cccc(F)c1. The van der Waals surface area contributed by atoms with E-state index in [0.717, 1.165) is 24.2 Å². The van der Waals surface area contributed by atoms with Crippen molar-refractivity contribution in [1.29, 1.82) is 0 Å². The molecule has 2 aliphatic rings. The van der Waals surface area contributed by atoms with Gasteiger partial charge in [-0.25, -0.2) is 9.18 Å². The van der Waals surface area contributed by atoms with Crippen molar-refractivity contribution in [3.63, 3.8) is 0 Å². The number of ether oxygens (including phenoxy) is 1. The number of carboxylic acids is 1. The Hall–Kier alpha value is -1.83. The summed E-state index contributed by atoms with van der Waals surface area (Å²) in [4.78, 5) is 16.2. The summed E-state index contributed by atoms with van der Waals surface area (Å²) in [6, 6.07) is 6.46. The second-order valence-corrected chi connectivity index (χ2v) is 7.15. The van der Waals surface area contributed by atoms with Gasteiger partial charge in [0.15, 0.2) is 0 Å². The van der Waals surface area contributed by atoms with Crippen LogP contribution in [0.2, 0.25) is 0 Å². The van der Waals surface area contributed by atoms with Crippen LogP contribution in [0, 0.1) is 5.82 Å². The lowest BCUT2D eigenvalue weighted by Gasteiger charge is -2.44. The first-order valence-electron chi connectivity index (χ1n) is 8.54. The highest BCUT2D eigenvalue weighted by Gasteiger charge is 2.34. The molecule has 0 bridgehead atoms. The molecule has 5 nitrogen and oxygen atoms in total. The standard InChI is InChI=1S/C19H23FN2O3S/c1-13-10-16(21-6-8-25-9-7-21)22(18(26-2)17(13)19(23)24)12-14-4-3-5-15(20)11-14/h3-5,10-11,16H,6-9,12H2,1-2H3,(H,23,24). The first-order chi connectivity index (χ1) is 12.5. The Morgan fingerprint density at radius 3 is 2.73 bits per heavy atom. The quantitative estimate of drug-likeness (QED) is 0.850. The van der Waals surface area contributed by atoms with Crippen molar-refractivity contribution in [2.24, 2.45) is 0 Å². The van der Waals surface area contributed by atoms with Gasteiger partial charge in [0.05, 0.1) is 23.8 Å². The highest BCUT2D eigenvalue weighted by Crippen LogP contribution is 2.36. The molecule has 140 valence electrons. The molecule has 0 aromatic heterocycles. The molecular formula is C19H23FN2O3S. The Balaban J connectivity index is 2.00. The molecule has 1 atom stereocenters. The summed E-state index contributed by atoms with van der Waals surface area (Å²) in [6.45, 7) is 5.14. The van der Waals surface area contributed by atoms with E-state index in [4.69, 9.17) is 4.74 Å². The highest BCUT2D eigenvalue weighted by atomic mass is 32.2. The van der Waals surface area contributed by atoms with Gasteiger partial charge in [0.2, 0.25) is 0 Å². The molecule has 0 saturated carbocycles. The summed E-state index contributed by atoms with van der Waals surface area (Å²) in [7, 11) is 0. The second kappa shape index (κ2) is 8.24. The van der Waals surface area contributed by atoms with Crippen LogP contribution in [-0.4, -0.2) is 59.6 Å². The van der Waals surface area contributed by atoms with E-state index in [1.54, 1.807) is 6.07 Å². The minimum absolute atomic E-state index is 0.0762. The fraction of sp³-hybridized carbons (Fsp3) is 0.421. The van der Waals surface area contributed by atoms with Gasteiger partial charge in [-0.3, -0.25) is 4.90 Å². The predicted molar refractivity (Wildman–Crippen MR) is 100 cm³/mol. The van der Waals surface area contributed by atoms with E-state index in [0.29, 0.717) is 30.4 Å². The fourth-order valence-corrected chi connectivity index (χ4v) is 4.31. The minimum atomic E-state index is -0.937. The van der Waals surface area contributed by atoms with Gasteiger partial charge in [0.25, 0.3) is 0 Å². The largest absolute Gasteiger partial charge is 0.478 e. The maximum absolute atomic E-state index is 13.7. The average Bonchev–Trinajstić information content (AvgIpc) is 2.63. The number of carboxylic acid groups (broad SMARTS) is 1. The molecule has 0 radical (unpaired) electrons. The number of rotatable bonds is 5. The number of halogens is 1. The fourth-order valence-electron chi connectivity index (χ4n) is 3.45. The number of carbonyl (C=O) groups is 1. The Morgan fingerprint density at radius 2 is 2.12 bits per heavy atom. The second-order valence-electron chi connectivity index (χ2n) is 6.36. The zero-order chi connectivity index (χ0) is 18.7. The van der Waals surface area contributed by atoms with E-state index in [9.17, 15) is 14.3 Å². The van der Waals surface area contributed by atoms with Crippen molar-refractivity contribution in [1.82, 2.24) is 9.80 Å². The van der Waals surface area contributed by atoms with Crippen LogP contribution in [0.25, 0.3) is 0 Å². The van der Waals surface area contributed by atoms with Gasteiger partial charge in [0.1, 0.15) is 12.0 Å². The van der Waals surface area contributed by atoms with Crippen LogP contribution in [0.4, 0.5) is 4.39 Å². The summed E-state index contributed by atoms with van der Waals surface area (Å²) >= 11 is 1.42. The number of hydrogen-bond donors (Lipinski definition) is 1. The van der Waals surface area contributed by atoms with Gasteiger partial charge in [-0.1, -0.05) is 12.1 Å². The van der Waals surface area contributed by atoms with Crippen LogP contribution < -0.4 is 0 Å². The smallest absolute Gasteiger partial charge is 0.338 e. The van der Waals surface area contributed by atoms with Crippen LogP contribution in [0.3, 0.4) is 0 Å². The van der Waals surface area contributed by atoms with Crippen LogP contribution >= 0.6 is 11.8 Å². The van der Waals surface area contributed by atoms with Gasteiger partial charge in [-0.15, -0.1) is 11.8 Å². The molecule has 2 heterocycles. The molecule has 1 aromatic carbocycles. The Bertz CT molecular complexity index is 744. The van der Waals surface area contributed by atoms with Crippen molar-refractivity contribution in [2.45, 2.75) is 19.6 Å². The summed E-state index contributed by atoms with van der Waals surface area (Å²) in [5.74, 6) is -1.23. The first kappa shape index (κ1) is 18.9. The zero-order valence-corrected chi connectivity index (χ0v) is 15.8. The van der Waals surface area contributed by atoms with Gasteiger partial charge < -0.3 is 14.7 Å². The summed E-state index contributed by atoms with van der Waals surface area (Å²) < 4.78 is 19.1. The number of thioether (sulfide) groups is 1. The van der Waals surface area contributed by atoms with E-state index in [1.807, 2.05) is 25.3 Å². The van der Waals surface area contributed by atoms with Crippen LogP contribution in [0.15, 0.2) is 46.5 Å². The Labute approximate surface area is 157 Å². The molecule has 0 spiro atoms. The molecule has 1 fully saturated rings. The van der Waals surface area contributed by atoms with Gasteiger partial charge in [-0.05, 0) is 42.5 Å². The molecule has 0 aliphatic carbocycles. The van der Waals surface area contributed by atoms with E-state index < -0.39 is 5.97 Å². The van der Waals surface area contributed by atoms with E-state index >= 15 is 0 Å². The van der Waals surface area contributed by atoms with Gasteiger partial charge in [0, 0.05) is 19.6 Å². The Morgan fingerprint density at radius 1 is 1.38 bits per heavy atom. The predicted octanol–water partition coefficient (Wildman–Crippen LogP) is 2.91. The van der Waals surface area contributed by atoms with Crippen molar-refractivity contribution in [2.75, 3.05) is 32.6 Å². The number of morpholine rings is 1. The molecule has 1 aromatic rings. The minimum Gasteiger partial charge on any atom is -0.478 e.